The Kier molecular flexibility index (Phi) is 7.80. The molecule has 0 saturated carbocycles. The summed E-state index contributed by atoms with van der Waals surface area (Å²) in [5, 5.41) is 3.51. The van der Waals surface area contributed by atoms with Crippen LogP contribution in [0.1, 0.15) is 30.5 Å². The summed E-state index contributed by atoms with van der Waals surface area (Å²) >= 11 is 0. The number of hydrogen-bond donors (Lipinski definition) is 1. The van der Waals surface area contributed by atoms with Crippen molar-refractivity contribution in [2.24, 2.45) is 0 Å². The van der Waals surface area contributed by atoms with Gasteiger partial charge in [-0.05, 0) is 43.3 Å². The number of hydrogen-bond acceptors (Lipinski definition) is 3. The van der Waals surface area contributed by atoms with Crippen LogP contribution in [0.4, 0.5) is 0 Å². The first-order valence-corrected chi connectivity index (χ1v) is 8.91. The molecule has 2 aromatic rings. The summed E-state index contributed by atoms with van der Waals surface area (Å²) in [6, 6.07) is 16.8. The van der Waals surface area contributed by atoms with E-state index in [4.69, 9.17) is 4.74 Å². The molecule has 0 aliphatic carbocycles. The highest BCUT2D eigenvalue weighted by atomic mass is 16.5. The van der Waals surface area contributed by atoms with Crippen molar-refractivity contribution in [2.45, 2.75) is 33.9 Å². The van der Waals surface area contributed by atoms with Gasteiger partial charge >= 0.3 is 0 Å². The molecule has 0 spiro atoms. The Labute approximate surface area is 146 Å². The number of nitrogens with one attached hydrogen (secondary N) is 1. The van der Waals surface area contributed by atoms with Crippen LogP contribution >= 0.6 is 0 Å². The maximum Gasteiger partial charge on any atom is 0.120 e. The zero-order chi connectivity index (χ0) is 17.2. The van der Waals surface area contributed by atoms with Crippen molar-refractivity contribution in [3.63, 3.8) is 0 Å². The SMILES string of the molecule is CCN(CC)CCNCc1cccc(OCc2ccc(C)cc2)c1. The Morgan fingerprint density at radius 1 is 0.958 bits per heavy atom. The van der Waals surface area contributed by atoms with E-state index in [1.165, 1.54) is 16.7 Å². The third-order valence-corrected chi connectivity index (χ3v) is 4.25. The van der Waals surface area contributed by atoms with Crippen LogP contribution in [0.25, 0.3) is 0 Å². The van der Waals surface area contributed by atoms with Gasteiger partial charge < -0.3 is 15.0 Å². The van der Waals surface area contributed by atoms with E-state index < -0.39 is 0 Å². The molecule has 0 atom stereocenters. The summed E-state index contributed by atoms with van der Waals surface area (Å²) in [5.41, 5.74) is 3.73. The van der Waals surface area contributed by atoms with Gasteiger partial charge in [0.05, 0.1) is 0 Å². The van der Waals surface area contributed by atoms with Gasteiger partial charge in [0.25, 0.3) is 0 Å². The largest absolute Gasteiger partial charge is 0.489 e. The first-order valence-electron chi connectivity index (χ1n) is 8.91. The molecular formula is C21H30N2O. The average molecular weight is 326 g/mol. The van der Waals surface area contributed by atoms with Crippen molar-refractivity contribution >= 4 is 0 Å². The summed E-state index contributed by atoms with van der Waals surface area (Å²) in [5.74, 6) is 0.929. The van der Waals surface area contributed by atoms with Crippen LogP contribution in [0, 0.1) is 6.92 Å². The van der Waals surface area contributed by atoms with Gasteiger partial charge in [0.2, 0.25) is 0 Å². The van der Waals surface area contributed by atoms with Crippen LogP contribution in [-0.2, 0) is 13.2 Å². The second-order valence-corrected chi connectivity index (χ2v) is 6.13. The second kappa shape index (κ2) is 10.1. The van der Waals surface area contributed by atoms with E-state index in [1.807, 2.05) is 6.07 Å². The maximum atomic E-state index is 5.92. The fourth-order valence-electron chi connectivity index (χ4n) is 2.61. The predicted molar refractivity (Wildman–Crippen MR) is 101 cm³/mol. The molecule has 3 heteroatoms. The molecule has 0 radical (unpaired) electrons. The van der Waals surface area contributed by atoms with E-state index >= 15 is 0 Å². The molecule has 130 valence electrons. The summed E-state index contributed by atoms with van der Waals surface area (Å²) in [4.78, 5) is 2.42. The van der Waals surface area contributed by atoms with Gasteiger partial charge in [0, 0.05) is 19.6 Å². The zero-order valence-electron chi connectivity index (χ0n) is 15.2. The Morgan fingerprint density at radius 2 is 1.71 bits per heavy atom. The molecule has 0 aliphatic rings. The van der Waals surface area contributed by atoms with Crippen LogP contribution in [0.2, 0.25) is 0 Å². The highest BCUT2D eigenvalue weighted by Gasteiger charge is 2.00. The summed E-state index contributed by atoms with van der Waals surface area (Å²) < 4.78 is 5.92. The van der Waals surface area contributed by atoms with Crippen molar-refractivity contribution in [2.75, 3.05) is 26.2 Å². The smallest absolute Gasteiger partial charge is 0.120 e. The Hall–Kier alpha value is -1.84. The van der Waals surface area contributed by atoms with Crippen molar-refractivity contribution in [3.05, 3.63) is 65.2 Å². The van der Waals surface area contributed by atoms with Gasteiger partial charge in [-0.3, -0.25) is 0 Å². The number of aryl methyl sites for hydroxylation is 1. The van der Waals surface area contributed by atoms with E-state index in [-0.39, 0.29) is 0 Å². The van der Waals surface area contributed by atoms with Gasteiger partial charge in [-0.15, -0.1) is 0 Å². The number of benzene rings is 2. The molecular weight excluding hydrogens is 296 g/mol. The minimum atomic E-state index is 0.610. The molecule has 0 saturated heterocycles. The van der Waals surface area contributed by atoms with Crippen LogP contribution in [0.15, 0.2) is 48.5 Å². The normalized spacial score (nSPS) is 11.0. The van der Waals surface area contributed by atoms with E-state index in [1.54, 1.807) is 0 Å². The van der Waals surface area contributed by atoms with Gasteiger partial charge in [0.1, 0.15) is 12.4 Å². The van der Waals surface area contributed by atoms with Crippen LogP contribution in [0.5, 0.6) is 5.75 Å². The molecule has 2 rings (SSSR count). The summed E-state index contributed by atoms with van der Waals surface area (Å²) in [7, 11) is 0. The maximum absolute atomic E-state index is 5.92. The topological polar surface area (TPSA) is 24.5 Å². The molecule has 0 aliphatic heterocycles. The van der Waals surface area contributed by atoms with Crippen molar-refractivity contribution in [1.29, 1.82) is 0 Å². The van der Waals surface area contributed by atoms with Gasteiger partial charge in [0.15, 0.2) is 0 Å². The first-order chi connectivity index (χ1) is 11.7. The van der Waals surface area contributed by atoms with Gasteiger partial charge in [-0.2, -0.15) is 0 Å². The lowest BCUT2D eigenvalue weighted by Crippen LogP contribution is -2.31. The predicted octanol–water partition coefficient (Wildman–Crippen LogP) is 4.01. The van der Waals surface area contributed by atoms with E-state index in [9.17, 15) is 0 Å². The average Bonchev–Trinajstić information content (AvgIpc) is 2.62. The van der Waals surface area contributed by atoms with Gasteiger partial charge in [-0.25, -0.2) is 0 Å². The molecule has 0 aromatic heterocycles. The van der Waals surface area contributed by atoms with Crippen molar-refractivity contribution < 1.29 is 4.74 Å². The summed E-state index contributed by atoms with van der Waals surface area (Å²) in [6.07, 6.45) is 0. The third-order valence-electron chi connectivity index (χ3n) is 4.25. The Bertz CT molecular complexity index is 591. The molecule has 0 heterocycles. The molecule has 0 fully saturated rings. The lowest BCUT2D eigenvalue weighted by molar-refractivity contribution is 0.301. The fraction of sp³-hybridized carbons (Fsp3) is 0.429. The second-order valence-electron chi connectivity index (χ2n) is 6.13. The number of likely N-dealkylation sites (N-methyl/N-ethyl adjacent to an activating group) is 1. The summed E-state index contributed by atoms with van der Waals surface area (Å²) in [6.45, 7) is 12.3. The number of nitrogens with zero attached hydrogens (tertiary/aromatic N) is 1. The standard InChI is InChI=1S/C21H30N2O/c1-4-23(5-2)14-13-22-16-20-7-6-8-21(15-20)24-17-19-11-9-18(3)10-12-19/h6-12,15,22H,4-5,13-14,16-17H2,1-3H3. The Balaban J connectivity index is 1.77. The lowest BCUT2D eigenvalue weighted by atomic mass is 10.2. The third kappa shape index (κ3) is 6.34. The Morgan fingerprint density at radius 3 is 2.42 bits per heavy atom. The monoisotopic (exact) mass is 326 g/mol. The fourth-order valence-corrected chi connectivity index (χ4v) is 2.61. The van der Waals surface area contributed by atoms with E-state index in [0.717, 1.165) is 38.5 Å². The van der Waals surface area contributed by atoms with Crippen molar-refractivity contribution in [1.82, 2.24) is 10.2 Å². The molecule has 0 amide bonds. The van der Waals surface area contributed by atoms with E-state index in [0.29, 0.717) is 6.61 Å². The molecule has 0 bridgehead atoms. The highest BCUT2D eigenvalue weighted by molar-refractivity contribution is 5.29. The minimum Gasteiger partial charge on any atom is -0.489 e. The highest BCUT2D eigenvalue weighted by Crippen LogP contribution is 2.15. The molecule has 2 aromatic carbocycles. The van der Waals surface area contributed by atoms with E-state index in [2.05, 4.69) is 73.5 Å². The van der Waals surface area contributed by atoms with Crippen LogP contribution in [-0.4, -0.2) is 31.1 Å². The minimum absolute atomic E-state index is 0.610. The van der Waals surface area contributed by atoms with Crippen molar-refractivity contribution in [3.8, 4) is 5.75 Å². The molecule has 0 unspecified atom stereocenters. The van der Waals surface area contributed by atoms with Crippen LogP contribution < -0.4 is 10.1 Å². The first kappa shape index (κ1) is 18.5. The molecule has 24 heavy (non-hydrogen) atoms. The number of ether oxygens (including phenoxy) is 1. The molecule has 3 nitrogen and oxygen atoms in total. The lowest BCUT2D eigenvalue weighted by Gasteiger charge is -2.18. The quantitative estimate of drug-likeness (QED) is 0.668. The number of rotatable bonds is 10. The van der Waals surface area contributed by atoms with Gasteiger partial charge in [-0.1, -0.05) is 55.8 Å². The zero-order valence-corrected chi connectivity index (χ0v) is 15.2. The molecule has 1 N–H and O–H groups in total. The van der Waals surface area contributed by atoms with Crippen LogP contribution in [0.3, 0.4) is 0 Å².